The molecule has 1 unspecified atom stereocenters. The second-order valence-electron chi connectivity index (χ2n) is 6.11. The van der Waals surface area contributed by atoms with Gasteiger partial charge in [-0.15, -0.1) is 0 Å². The van der Waals surface area contributed by atoms with E-state index in [1.54, 1.807) is 0 Å². The summed E-state index contributed by atoms with van der Waals surface area (Å²) < 4.78 is 0. The summed E-state index contributed by atoms with van der Waals surface area (Å²) in [5, 5.41) is 15.3. The molecule has 0 radical (unpaired) electrons. The summed E-state index contributed by atoms with van der Waals surface area (Å²) in [6.07, 6.45) is 6.87. The molecule has 0 saturated heterocycles. The number of aryl methyl sites for hydroxylation is 1. The molecule has 1 aliphatic carbocycles. The van der Waals surface area contributed by atoms with Crippen LogP contribution in [0, 0.1) is 11.3 Å². The van der Waals surface area contributed by atoms with Crippen molar-refractivity contribution in [3.8, 4) is 6.07 Å². The lowest BCUT2D eigenvalue weighted by Crippen LogP contribution is -2.34. The van der Waals surface area contributed by atoms with Crippen molar-refractivity contribution in [2.45, 2.75) is 58.0 Å². The lowest BCUT2D eigenvalue weighted by molar-refractivity contribution is -0.117. The number of nitriles is 1. The van der Waals surface area contributed by atoms with Gasteiger partial charge >= 0.3 is 0 Å². The minimum absolute atomic E-state index is 0.0449. The molecule has 1 saturated carbocycles. The zero-order valence-corrected chi connectivity index (χ0v) is 13.9. The maximum Gasteiger partial charge on any atom is 0.263 e. The summed E-state index contributed by atoms with van der Waals surface area (Å²) >= 11 is 0. The molecule has 0 aromatic heterocycles. The number of carbonyl (C=O) groups is 1. The molecule has 1 aromatic carbocycles. The Kier molecular flexibility index (Phi) is 6.22. The van der Waals surface area contributed by atoms with Gasteiger partial charge in [-0.1, -0.05) is 44.0 Å². The molecule has 1 fully saturated rings. The topological polar surface area (TPSA) is 64.9 Å². The number of hydrogen-bond acceptors (Lipinski definition) is 3. The Balaban J connectivity index is 1.94. The number of nitrogens with zero attached hydrogens (tertiary/aromatic N) is 1. The molecule has 0 bridgehead atoms. The molecular formula is C19H25N3O. The fourth-order valence-corrected chi connectivity index (χ4v) is 2.83. The molecule has 122 valence electrons. The largest absolute Gasteiger partial charge is 0.383 e. The maximum atomic E-state index is 12.1. The summed E-state index contributed by atoms with van der Waals surface area (Å²) in [6.45, 7) is 4.14. The molecule has 4 nitrogen and oxygen atoms in total. The van der Waals surface area contributed by atoms with Gasteiger partial charge < -0.3 is 10.6 Å². The molecule has 0 aliphatic heterocycles. The van der Waals surface area contributed by atoms with Crippen LogP contribution in [0.1, 0.15) is 56.7 Å². The number of carbonyl (C=O) groups excluding carboxylic acids is 1. The average molecular weight is 311 g/mol. The molecule has 1 amide bonds. The van der Waals surface area contributed by atoms with Gasteiger partial charge in [-0.2, -0.15) is 5.26 Å². The highest BCUT2D eigenvalue weighted by atomic mass is 16.1. The van der Waals surface area contributed by atoms with E-state index in [0.29, 0.717) is 0 Å². The van der Waals surface area contributed by atoms with Crippen LogP contribution in [0.5, 0.6) is 0 Å². The SMILES string of the molecule is CCc1ccc(C(C)N/C=C(/C#N)C(=O)NC2CCCC2)cc1. The first kappa shape index (κ1) is 17.1. The normalized spacial score (nSPS) is 16.7. The number of nitrogens with one attached hydrogen (secondary N) is 2. The molecule has 23 heavy (non-hydrogen) atoms. The van der Waals surface area contributed by atoms with Crippen LogP contribution < -0.4 is 10.6 Å². The summed E-state index contributed by atoms with van der Waals surface area (Å²) in [5.74, 6) is -0.277. The van der Waals surface area contributed by atoms with Crippen molar-refractivity contribution in [1.82, 2.24) is 10.6 Å². The van der Waals surface area contributed by atoms with Crippen LogP contribution in [-0.4, -0.2) is 11.9 Å². The standard InChI is InChI=1S/C19H25N3O/c1-3-15-8-10-16(11-9-15)14(2)21-13-17(12-20)19(23)22-18-6-4-5-7-18/h8-11,13-14,18,21H,3-7H2,1-2H3,(H,22,23)/b17-13-. The van der Waals surface area contributed by atoms with Crippen LogP contribution in [0.2, 0.25) is 0 Å². The Morgan fingerprint density at radius 3 is 2.57 bits per heavy atom. The highest BCUT2D eigenvalue weighted by Gasteiger charge is 2.19. The van der Waals surface area contributed by atoms with Crippen LogP contribution in [0.25, 0.3) is 0 Å². The number of rotatable bonds is 6. The van der Waals surface area contributed by atoms with Crippen LogP contribution in [0.3, 0.4) is 0 Å². The van der Waals surface area contributed by atoms with Crippen molar-refractivity contribution in [2.24, 2.45) is 0 Å². The van der Waals surface area contributed by atoms with Crippen LogP contribution in [0.4, 0.5) is 0 Å². The second kappa shape index (κ2) is 8.38. The molecule has 2 N–H and O–H groups in total. The van der Waals surface area contributed by atoms with Crippen LogP contribution >= 0.6 is 0 Å². The molecular weight excluding hydrogens is 286 g/mol. The van der Waals surface area contributed by atoms with Crippen molar-refractivity contribution in [2.75, 3.05) is 0 Å². The molecule has 4 heteroatoms. The Labute approximate surface area is 138 Å². The Morgan fingerprint density at radius 1 is 1.35 bits per heavy atom. The maximum absolute atomic E-state index is 12.1. The quantitative estimate of drug-likeness (QED) is 0.625. The van der Waals surface area contributed by atoms with Gasteiger partial charge in [-0.3, -0.25) is 4.79 Å². The van der Waals surface area contributed by atoms with Crippen LogP contribution in [0.15, 0.2) is 36.0 Å². The molecule has 1 aliphatic rings. The van der Waals surface area contributed by atoms with E-state index in [1.165, 1.54) is 11.8 Å². The fourth-order valence-electron chi connectivity index (χ4n) is 2.83. The van der Waals surface area contributed by atoms with Gasteiger partial charge in [0.25, 0.3) is 5.91 Å². The fraction of sp³-hybridized carbons (Fsp3) is 0.474. The van der Waals surface area contributed by atoms with Gasteiger partial charge in [0.1, 0.15) is 11.6 Å². The van der Waals surface area contributed by atoms with E-state index in [2.05, 4.69) is 41.8 Å². The highest BCUT2D eigenvalue weighted by Crippen LogP contribution is 2.18. The molecule has 0 heterocycles. The van der Waals surface area contributed by atoms with E-state index in [0.717, 1.165) is 37.7 Å². The van der Waals surface area contributed by atoms with E-state index >= 15 is 0 Å². The lowest BCUT2D eigenvalue weighted by atomic mass is 10.1. The summed E-state index contributed by atoms with van der Waals surface area (Å²) in [4.78, 5) is 12.1. The predicted molar refractivity (Wildman–Crippen MR) is 91.5 cm³/mol. The van der Waals surface area contributed by atoms with Gasteiger partial charge in [-0.25, -0.2) is 0 Å². The Morgan fingerprint density at radius 2 is 2.00 bits per heavy atom. The summed E-state index contributed by atoms with van der Waals surface area (Å²) in [7, 11) is 0. The molecule has 2 rings (SSSR count). The first-order chi connectivity index (χ1) is 11.1. The smallest absolute Gasteiger partial charge is 0.263 e. The number of benzene rings is 1. The van der Waals surface area contributed by atoms with E-state index in [9.17, 15) is 10.1 Å². The van der Waals surface area contributed by atoms with E-state index in [1.807, 2.05) is 13.0 Å². The third-order valence-electron chi connectivity index (χ3n) is 4.42. The van der Waals surface area contributed by atoms with Crippen LogP contribution in [-0.2, 0) is 11.2 Å². The van der Waals surface area contributed by atoms with Gasteiger partial charge in [0.15, 0.2) is 0 Å². The van der Waals surface area contributed by atoms with Crippen molar-refractivity contribution >= 4 is 5.91 Å². The number of amides is 1. The Bertz CT molecular complexity index is 592. The van der Waals surface area contributed by atoms with Crippen molar-refractivity contribution < 1.29 is 4.79 Å². The van der Waals surface area contributed by atoms with Gasteiger partial charge in [0.2, 0.25) is 0 Å². The first-order valence-electron chi connectivity index (χ1n) is 8.40. The van der Waals surface area contributed by atoms with E-state index in [4.69, 9.17) is 0 Å². The lowest BCUT2D eigenvalue weighted by Gasteiger charge is -2.14. The average Bonchev–Trinajstić information content (AvgIpc) is 3.08. The molecule has 0 spiro atoms. The third-order valence-corrected chi connectivity index (χ3v) is 4.42. The predicted octanol–water partition coefficient (Wildman–Crippen LogP) is 3.37. The van der Waals surface area contributed by atoms with E-state index < -0.39 is 0 Å². The van der Waals surface area contributed by atoms with Gasteiger partial charge in [0, 0.05) is 18.3 Å². The Hall–Kier alpha value is -2.28. The number of hydrogen-bond donors (Lipinski definition) is 2. The van der Waals surface area contributed by atoms with Crippen molar-refractivity contribution in [3.05, 3.63) is 47.2 Å². The minimum atomic E-state index is -0.277. The first-order valence-corrected chi connectivity index (χ1v) is 8.40. The zero-order valence-electron chi connectivity index (χ0n) is 13.9. The van der Waals surface area contributed by atoms with Crippen molar-refractivity contribution in [3.63, 3.8) is 0 Å². The highest BCUT2D eigenvalue weighted by molar-refractivity contribution is 5.97. The minimum Gasteiger partial charge on any atom is -0.383 e. The van der Waals surface area contributed by atoms with Gasteiger partial charge in [0.05, 0.1) is 0 Å². The molecule has 1 atom stereocenters. The van der Waals surface area contributed by atoms with E-state index in [-0.39, 0.29) is 23.6 Å². The third kappa shape index (κ3) is 4.85. The van der Waals surface area contributed by atoms with Gasteiger partial charge in [-0.05, 0) is 37.3 Å². The molecule has 1 aromatic rings. The van der Waals surface area contributed by atoms with Crippen molar-refractivity contribution in [1.29, 1.82) is 5.26 Å². The summed E-state index contributed by atoms with van der Waals surface area (Å²) in [6, 6.07) is 10.6. The summed E-state index contributed by atoms with van der Waals surface area (Å²) in [5.41, 5.74) is 2.56. The second-order valence-corrected chi connectivity index (χ2v) is 6.11. The monoisotopic (exact) mass is 311 g/mol. The zero-order chi connectivity index (χ0) is 16.7.